The first-order valence-corrected chi connectivity index (χ1v) is 6.15. The topological polar surface area (TPSA) is 60.7 Å². The van der Waals surface area contributed by atoms with Crippen LogP contribution in [0.4, 0.5) is 5.69 Å². The molecule has 1 heterocycles. The van der Waals surface area contributed by atoms with Gasteiger partial charge in [0.05, 0.1) is 31.7 Å². The van der Waals surface area contributed by atoms with Crippen LogP contribution in [0.2, 0.25) is 0 Å². The minimum atomic E-state index is -0.236. The highest BCUT2D eigenvalue weighted by Gasteiger charge is 2.17. The number of amides is 1. The molecule has 0 aliphatic rings. The Labute approximate surface area is 117 Å². The monoisotopic (exact) mass is 275 g/mol. The summed E-state index contributed by atoms with van der Waals surface area (Å²) in [6.45, 7) is 3.58. The molecule has 0 spiro atoms. The van der Waals surface area contributed by atoms with E-state index in [-0.39, 0.29) is 5.91 Å². The standard InChI is InChI=1S/C15H17NO4/c1-9-8-20-10(2)14(9)15(17)16-12-7-11(18-3)5-6-13(12)19-4/h5-8H,1-4H3,(H,16,17). The summed E-state index contributed by atoms with van der Waals surface area (Å²) in [7, 11) is 3.11. The molecule has 0 radical (unpaired) electrons. The van der Waals surface area contributed by atoms with Crippen molar-refractivity contribution >= 4 is 11.6 Å². The van der Waals surface area contributed by atoms with E-state index in [9.17, 15) is 4.79 Å². The molecule has 1 N–H and O–H groups in total. The van der Waals surface area contributed by atoms with E-state index in [0.717, 1.165) is 5.56 Å². The van der Waals surface area contributed by atoms with Gasteiger partial charge in [-0.05, 0) is 26.0 Å². The van der Waals surface area contributed by atoms with Crippen LogP contribution in [-0.4, -0.2) is 20.1 Å². The third-order valence-electron chi connectivity index (χ3n) is 3.04. The van der Waals surface area contributed by atoms with Crippen LogP contribution in [0.15, 0.2) is 28.9 Å². The average molecular weight is 275 g/mol. The number of aryl methyl sites for hydroxylation is 2. The highest BCUT2D eigenvalue weighted by atomic mass is 16.5. The molecule has 20 heavy (non-hydrogen) atoms. The maximum absolute atomic E-state index is 12.3. The van der Waals surface area contributed by atoms with E-state index in [1.165, 1.54) is 0 Å². The number of rotatable bonds is 4. The number of hydrogen-bond acceptors (Lipinski definition) is 4. The van der Waals surface area contributed by atoms with E-state index >= 15 is 0 Å². The van der Waals surface area contributed by atoms with Crippen LogP contribution >= 0.6 is 0 Å². The third-order valence-corrected chi connectivity index (χ3v) is 3.04. The minimum absolute atomic E-state index is 0.236. The Morgan fingerprint density at radius 1 is 1.20 bits per heavy atom. The second kappa shape index (κ2) is 5.69. The fourth-order valence-corrected chi connectivity index (χ4v) is 2.01. The molecular weight excluding hydrogens is 258 g/mol. The molecule has 5 nitrogen and oxygen atoms in total. The molecule has 106 valence electrons. The lowest BCUT2D eigenvalue weighted by Crippen LogP contribution is -2.14. The number of carbonyl (C=O) groups is 1. The van der Waals surface area contributed by atoms with E-state index in [0.29, 0.717) is 28.5 Å². The van der Waals surface area contributed by atoms with Crippen molar-refractivity contribution in [3.05, 3.63) is 41.3 Å². The summed E-state index contributed by atoms with van der Waals surface area (Å²) in [5.41, 5.74) is 1.88. The van der Waals surface area contributed by atoms with Gasteiger partial charge in [-0.1, -0.05) is 0 Å². The van der Waals surface area contributed by atoms with Crippen LogP contribution in [0.5, 0.6) is 11.5 Å². The number of benzene rings is 1. The number of ether oxygens (including phenoxy) is 2. The van der Waals surface area contributed by atoms with Gasteiger partial charge in [-0.3, -0.25) is 4.79 Å². The zero-order chi connectivity index (χ0) is 14.7. The molecule has 1 amide bonds. The minimum Gasteiger partial charge on any atom is -0.497 e. The van der Waals surface area contributed by atoms with Gasteiger partial charge in [-0.15, -0.1) is 0 Å². The van der Waals surface area contributed by atoms with Gasteiger partial charge in [0, 0.05) is 11.6 Å². The molecule has 5 heteroatoms. The van der Waals surface area contributed by atoms with Crippen LogP contribution in [-0.2, 0) is 0 Å². The SMILES string of the molecule is COc1ccc(OC)c(NC(=O)c2c(C)coc2C)c1. The van der Waals surface area contributed by atoms with Gasteiger partial charge in [-0.2, -0.15) is 0 Å². The molecule has 2 rings (SSSR count). The Kier molecular flexibility index (Phi) is 3.98. The molecule has 0 saturated carbocycles. The quantitative estimate of drug-likeness (QED) is 0.931. The van der Waals surface area contributed by atoms with Gasteiger partial charge in [-0.25, -0.2) is 0 Å². The molecule has 0 atom stereocenters. The lowest BCUT2D eigenvalue weighted by atomic mass is 10.1. The molecule has 0 saturated heterocycles. The first-order valence-electron chi connectivity index (χ1n) is 6.15. The fraction of sp³-hybridized carbons (Fsp3) is 0.267. The fourth-order valence-electron chi connectivity index (χ4n) is 2.01. The lowest BCUT2D eigenvalue weighted by Gasteiger charge is -2.11. The van der Waals surface area contributed by atoms with E-state index < -0.39 is 0 Å². The highest BCUT2D eigenvalue weighted by Crippen LogP contribution is 2.29. The van der Waals surface area contributed by atoms with E-state index in [1.54, 1.807) is 45.6 Å². The Balaban J connectivity index is 2.32. The van der Waals surface area contributed by atoms with Gasteiger partial charge in [0.15, 0.2) is 0 Å². The Morgan fingerprint density at radius 3 is 2.50 bits per heavy atom. The smallest absolute Gasteiger partial charge is 0.259 e. The first kappa shape index (κ1) is 14.0. The van der Waals surface area contributed by atoms with Gasteiger partial charge >= 0.3 is 0 Å². The van der Waals surface area contributed by atoms with Crippen LogP contribution in [0.1, 0.15) is 21.7 Å². The van der Waals surface area contributed by atoms with Crippen LogP contribution in [0, 0.1) is 13.8 Å². The Hall–Kier alpha value is -2.43. The van der Waals surface area contributed by atoms with Crippen molar-refractivity contribution in [1.82, 2.24) is 0 Å². The van der Waals surface area contributed by atoms with Crippen LogP contribution in [0.25, 0.3) is 0 Å². The van der Waals surface area contributed by atoms with Crippen molar-refractivity contribution in [1.29, 1.82) is 0 Å². The molecule has 0 fully saturated rings. The van der Waals surface area contributed by atoms with Crippen molar-refractivity contribution in [2.45, 2.75) is 13.8 Å². The second-order valence-corrected chi connectivity index (χ2v) is 4.37. The summed E-state index contributed by atoms with van der Waals surface area (Å²) in [6, 6.07) is 5.22. The first-order chi connectivity index (χ1) is 9.56. The van der Waals surface area contributed by atoms with Crippen LogP contribution in [0.3, 0.4) is 0 Å². The number of carbonyl (C=O) groups excluding carboxylic acids is 1. The summed E-state index contributed by atoms with van der Waals surface area (Å²) < 4.78 is 15.6. The van der Waals surface area contributed by atoms with Crippen molar-refractivity contribution in [3.63, 3.8) is 0 Å². The number of hydrogen-bond donors (Lipinski definition) is 1. The zero-order valence-electron chi connectivity index (χ0n) is 11.9. The maximum Gasteiger partial charge on any atom is 0.259 e. The summed E-state index contributed by atoms with van der Waals surface area (Å²) in [5, 5.41) is 2.82. The molecule has 0 unspecified atom stereocenters. The molecule has 0 bridgehead atoms. The maximum atomic E-state index is 12.3. The Morgan fingerprint density at radius 2 is 1.95 bits per heavy atom. The van der Waals surface area contributed by atoms with Crippen molar-refractivity contribution in [2.24, 2.45) is 0 Å². The van der Waals surface area contributed by atoms with Crippen molar-refractivity contribution < 1.29 is 18.7 Å². The summed E-state index contributed by atoms with van der Waals surface area (Å²) in [6.07, 6.45) is 1.56. The van der Waals surface area contributed by atoms with E-state index in [4.69, 9.17) is 13.9 Å². The summed E-state index contributed by atoms with van der Waals surface area (Å²) in [5.74, 6) is 1.56. The van der Waals surface area contributed by atoms with Crippen LogP contribution < -0.4 is 14.8 Å². The average Bonchev–Trinajstić information content (AvgIpc) is 2.78. The van der Waals surface area contributed by atoms with Gasteiger partial charge in [0.2, 0.25) is 0 Å². The number of methoxy groups -OCH3 is 2. The second-order valence-electron chi connectivity index (χ2n) is 4.37. The van der Waals surface area contributed by atoms with Gasteiger partial charge < -0.3 is 19.2 Å². The van der Waals surface area contributed by atoms with Gasteiger partial charge in [0.25, 0.3) is 5.91 Å². The molecule has 0 aliphatic carbocycles. The molecule has 2 aromatic rings. The van der Waals surface area contributed by atoms with Crippen molar-refractivity contribution in [3.8, 4) is 11.5 Å². The third kappa shape index (κ3) is 2.61. The normalized spacial score (nSPS) is 10.2. The number of nitrogens with one attached hydrogen (secondary N) is 1. The number of anilines is 1. The largest absolute Gasteiger partial charge is 0.497 e. The zero-order valence-corrected chi connectivity index (χ0v) is 11.9. The van der Waals surface area contributed by atoms with E-state index in [2.05, 4.69) is 5.32 Å². The van der Waals surface area contributed by atoms with Crippen molar-refractivity contribution in [2.75, 3.05) is 19.5 Å². The predicted octanol–water partition coefficient (Wildman–Crippen LogP) is 3.17. The number of furan rings is 1. The van der Waals surface area contributed by atoms with E-state index in [1.807, 2.05) is 6.92 Å². The van der Waals surface area contributed by atoms with Gasteiger partial charge in [0.1, 0.15) is 17.3 Å². The molecule has 1 aromatic heterocycles. The summed E-state index contributed by atoms with van der Waals surface area (Å²) >= 11 is 0. The predicted molar refractivity (Wildman–Crippen MR) is 75.7 cm³/mol. The summed E-state index contributed by atoms with van der Waals surface area (Å²) in [4.78, 5) is 12.3. The molecular formula is C15H17NO4. The molecule has 1 aromatic carbocycles. The molecule has 0 aliphatic heterocycles. The Bertz CT molecular complexity index is 611. The highest BCUT2D eigenvalue weighted by molar-refractivity contribution is 6.06. The lowest BCUT2D eigenvalue weighted by molar-refractivity contribution is 0.102.